The van der Waals surface area contributed by atoms with Crippen molar-refractivity contribution in [3.05, 3.63) is 35.1 Å². The molecular formula is C14H17FN2OS. The molecule has 0 fully saturated rings. The number of benzene rings is 1. The highest BCUT2D eigenvalue weighted by molar-refractivity contribution is 7.99. The molecule has 0 radical (unpaired) electrons. The van der Waals surface area contributed by atoms with Crippen LogP contribution in [0.3, 0.4) is 0 Å². The monoisotopic (exact) mass is 280 g/mol. The predicted molar refractivity (Wildman–Crippen MR) is 77.6 cm³/mol. The van der Waals surface area contributed by atoms with Crippen LogP contribution in [0, 0.1) is 17.7 Å². The summed E-state index contributed by atoms with van der Waals surface area (Å²) in [5, 5.41) is 2.99. The van der Waals surface area contributed by atoms with Crippen LogP contribution in [0.4, 0.5) is 4.39 Å². The molecule has 0 bridgehead atoms. The first-order chi connectivity index (χ1) is 9.08. The van der Waals surface area contributed by atoms with E-state index in [0.29, 0.717) is 17.4 Å². The number of hydrogen-bond donors (Lipinski definition) is 2. The van der Waals surface area contributed by atoms with Crippen molar-refractivity contribution in [1.29, 1.82) is 0 Å². The number of nitrogens with one attached hydrogen (secondary N) is 1. The molecule has 1 unspecified atom stereocenters. The van der Waals surface area contributed by atoms with Crippen molar-refractivity contribution in [2.24, 2.45) is 5.73 Å². The number of thioether (sulfide) groups is 1. The van der Waals surface area contributed by atoms with Gasteiger partial charge < -0.3 is 11.1 Å². The number of hydrogen-bond acceptors (Lipinski definition) is 3. The zero-order valence-corrected chi connectivity index (χ0v) is 11.8. The molecular weight excluding hydrogens is 263 g/mol. The third kappa shape index (κ3) is 4.93. The molecule has 5 heteroatoms. The Labute approximate surface area is 117 Å². The summed E-state index contributed by atoms with van der Waals surface area (Å²) in [5.74, 6) is 4.38. The summed E-state index contributed by atoms with van der Waals surface area (Å²) in [6.07, 6.45) is 1.96. The van der Waals surface area contributed by atoms with Gasteiger partial charge in [0.2, 0.25) is 0 Å². The largest absolute Gasteiger partial charge is 0.351 e. The number of carbonyl (C=O) groups is 1. The highest BCUT2D eigenvalue weighted by Crippen LogP contribution is 2.10. The summed E-state index contributed by atoms with van der Waals surface area (Å²) < 4.78 is 13.8. The topological polar surface area (TPSA) is 55.1 Å². The Morgan fingerprint density at radius 3 is 2.89 bits per heavy atom. The van der Waals surface area contributed by atoms with Gasteiger partial charge in [0.05, 0.1) is 12.1 Å². The fraction of sp³-hybridized carbons (Fsp3) is 0.357. The molecule has 0 saturated carbocycles. The van der Waals surface area contributed by atoms with Gasteiger partial charge in [-0.2, -0.15) is 11.8 Å². The van der Waals surface area contributed by atoms with E-state index in [1.165, 1.54) is 12.1 Å². The second-order valence-electron chi connectivity index (χ2n) is 3.96. The molecule has 1 atom stereocenters. The Kier molecular flexibility index (Phi) is 6.40. The van der Waals surface area contributed by atoms with Crippen LogP contribution in [0.1, 0.15) is 22.8 Å². The van der Waals surface area contributed by atoms with Gasteiger partial charge >= 0.3 is 0 Å². The van der Waals surface area contributed by atoms with Crippen molar-refractivity contribution in [1.82, 2.24) is 5.32 Å². The summed E-state index contributed by atoms with van der Waals surface area (Å²) >= 11 is 1.64. The Balaban J connectivity index is 2.76. The molecule has 0 heterocycles. The normalized spacial score (nSPS) is 11.4. The lowest BCUT2D eigenvalue weighted by Gasteiger charge is -2.10. The van der Waals surface area contributed by atoms with E-state index in [4.69, 9.17) is 5.73 Å². The zero-order chi connectivity index (χ0) is 14.3. The van der Waals surface area contributed by atoms with Crippen LogP contribution >= 0.6 is 11.8 Å². The molecule has 102 valence electrons. The van der Waals surface area contributed by atoms with E-state index in [-0.39, 0.29) is 12.1 Å². The van der Waals surface area contributed by atoms with Crippen molar-refractivity contribution < 1.29 is 9.18 Å². The molecule has 0 saturated heterocycles. The maximum Gasteiger partial charge on any atom is 0.254 e. The van der Waals surface area contributed by atoms with E-state index in [2.05, 4.69) is 17.2 Å². The van der Waals surface area contributed by atoms with Crippen LogP contribution in [-0.2, 0) is 0 Å². The van der Waals surface area contributed by atoms with Gasteiger partial charge in [-0.1, -0.05) is 18.8 Å². The minimum Gasteiger partial charge on any atom is -0.351 e. The number of carbonyl (C=O) groups excluding carboxylic acids is 1. The lowest BCUT2D eigenvalue weighted by Crippen LogP contribution is -2.30. The first-order valence-electron chi connectivity index (χ1n) is 5.88. The second kappa shape index (κ2) is 7.82. The summed E-state index contributed by atoms with van der Waals surface area (Å²) in [6, 6.07) is 4.29. The highest BCUT2D eigenvalue weighted by Gasteiger charge is 2.12. The molecule has 0 aliphatic rings. The molecule has 1 aromatic carbocycles. The molecule has 3 N–H and O–H groups in total. The third-order valence-corrected chi connectivity index (χ3v) is 3.47. The summed E-state index contributed by atoms with van der Waals surface area (Å²) in [7, 11) is 0. The Morgan fingerprint density at radius 2 is 2.32 bits per heavy atom. The molecule has 0 aliphatic heterocycles. The Morgan fingerprint density at radius 1 is 1.58 bits per heavy atom. The van der Waals surface area contributed by atoms with Gasteiger partial charge in [-0.15, -0.1) is 0 Å². The van der Waals surface area contributed by atoms with Crippen LogP contribution in [0.2, 0.25) is 0 Å². The molecule has 0 spiro atoms. The minimum atomic E-state index is -0.571. The average molecular weight is 280 g/mol. The number of nitrogens with two attached hydrogens (primary N) is 1. The number of halogens is 1. The molecule has 0 aliphatic carbocycles. The lowest BCUT2D eigenvalue weighted by atomic mass is 10.1. The highest BCUT2D eigenvalue weighted by atomic mass is 32.2. The van der Waals surface area contributed by atoms with Crippen LogP contribution in [0.15, 0.2) is 18.2 Å². The van der Waals surface area contributed by atoms with E-state index in [9.17, 15) is 9.18 Å². The van der Waals surface area contributed by atoms with Gasteiger partial charge in [0.25, 0.3) is 5.91 Å². The molecule has 19 heavy (non-hydrogen) atoms. The van der Waals surface area contributed by atoms with Crippen LogP contribution in [0.5, 0.6) is 0 Å². The van der Waals surface area contributed by atoms with Crippen LogP contribution in [0.25, 0.3) is 0 Å². The lowest BCUT2D eigenvalue weighted by molar-refractivity contribution is 0.0950. The zero-order valence-electron chi connectivity index (χ0n) is 11.0. The standard InChI is InChI=1S/C14H17FN2OS/c1-10(19-2)9-17-14(18)12-6-5-11(4-3-7-16)8-13(12)15/h5-6,8,10H,7,9,16H2,1-2H3,(H,17,18). The van der Waals surface area contributed by atoms with Crippen molar-refractivity contribution >= 4 is 17.7 Å². The van der Waals surface area contributed by atoms with Crippen molar-refractivity contribution in [3.63, 3.8) is 0 Å². The molecule has 1 rings (SSSR count). The Hall–Kier alpha value is -1.51. The first kappa shape index (κ1) is 15.5. The van der Waals surface area contributed by atoms with Gasteiger partial charge in [0, 0.05) is 17.4 Å². The van der Waals surface area contributed by atoms with Gasteiger partial charge in [-0.25, -0.2) is 4.39 Å². The van der Waals surface area contributed by atoms with Crippen LogP contribution in [-0.4, -0.2) is 30.5 Å². The van der Waals surface area contributed by atoms with Gasteiger partial charge in [-0.3, -0.25) is 4.79 Å². The molecule has 3 nitrogen and oxygen atoms in total. The average Bonchev–Trinajstić information content (AvgIpc) is 2.42. The minimum absolute atomic E-state index is 0.0339. The summed E-state index contributed by atoms with van der Waals surface area (Å²) in [6.45, 7) is 2.72. The maximum atomic E-state index is 13.8. The van der Waals surface area contributed by atoms with Gasteiger partial charge in [0.1, 0.15) is 5.82 Å². The van der Waals surface area contributed by atoms with E-state index in [0.717, 1.165) is 0 Å². The second-order valence-corrected chi connectivity index (χ2v) is 5.23. The summed E-state index contributed by atoms with van der Waals surface area (Å²) in [5.41, 5.74) is 5.79. The quantitative estimate of drug-likeness (QED) is 0.824. The van der Waals surface area contributed by atoms with E-state index < -0.39 is 11.7 Å². The van der Waals surface area contributed by atoms with Crippen molar-refractivity contribution in [2.45, 2.75) is 12.2 Å². The fourth-order valence-corrected chi connectivity index (χ4v) is 1.60. The predicted octanol–water partition coefficient (Wildman–Crippen LogP) is 1.62. The van der Waals surface area contributed by atoms with Crippen molar-refractivity contribution in [3.8, 4) is 11.8 Å². The van der Waals surface area contributed by atoms with E-state index in [1.807, 2.05) is 13.2 Å². The molecule has 1 aromatic rings. The van der Waals surface area contributed by atoms with E-state index >= 15 is 0 Å². The smallest absolute Gasteiger partial charge is 0.254 e. The van der Waals surface area contributed by atoms with Gasteiger partial charge in [-0.05, 0) is 24.5 Å². The van der Waals surface area contributed by atoms with Gasteiger partial charge in [0.15, 0.2) is 0 Å². The third-order valence-electron chi connectivity index (χ3n) is 2.50. The maximum absolute atomic E-state index is 13.8. The first-order valence-corrected chi connectivity index (χ1v) is 7.16. The van der Waals surface area contributed by atoms with Crippen molar-refractivity contribution in [2.75, 3.05) is 19.3 Å². The molecule has 0 aromatic heterocycles. The molecule has 1 amide bonds. The fourth-order valence-electron chi connectivity index (χ4n) is 1.35. The number of amides is 1. The summed E-state index contributed by atoms with van der Waals surface area (Å²) in [4.78, 5) is 11.8. The Bertz CT molecular complexity index is 508. The number of rotatable bonds is 4. The van der Waals surface area contributed by atoms with E-state index in [1.54, 1.807) is 17.8 Å². The van der Waals surface area contributed by atoms with Crippen LogP contribution < -0.4 is 11.1 Å². The SMILES string of the molecule is CSC(C)CNC(=O)c1ccc(C#CCN)cc1F.